The molecule has 2 nitrogen and oxygen atoms in total. The van der Waals surface area contributed by atoms with Crippen molar-refractivity contribution in [2.75, 3.05) is 0 Å². The van der Waals surface area contributed by atoms with Gasteiger partial charge in [-0.15, -0.1) is 0 Å². The number of benzene rings is 4. The smallest absolute Gasteiger partial charge is 0.178 e. The second kappa shape index (κ2) is 9.20. The van der Waals surface area contributed by atoms with Gasteiger partial charge in [0.2, 0.25) is 0 Å². The molecular formula is C30H38N2Si4. The fourth-order valence-electron chi connectivity index (χ4n) is 7.58. The van der Waals surface area contributed by atoms with Crippen LogP contribution >= 0.6 is 0 Å². The molecule has 1 saturated heterocycles. The van der Waals surface area contributed by atoms with Gasteiger partial charge in [-0.1, -0.05) is 121 Å². The Bertz CT molecular complexity index is 1120. The van der Waals surface area contributed by atoms with Gasteiger partial charge >= 0.3 is 0 Å². The van der Waals surface area contributed by atoms with E-state index in [1.54, 1.807) is 0 Å². The van der Waals surface area contributed by atoms with Crippen molar-refractivity contribution >= 4 is 54.0 Å². The molecule has 1 fully saturated rings. The minimum Gasteiger partial charge on any atom is -0.338 e. The van der Waals surface area contributed by atoms with E-state index in [1.807, 2.05) is 0 Å². The van der Waals surface area contributed by atoms with Gasteiger partial charge in [-0.3, -0.25) is 0 Å². The van der Waals surface area contributed by atoms with Crippen molar-refractivity contribution in [3.8, 4) is 0 Å². The summed E-state index contributed by atoms with van der Waals surface area (Å²) in [4.78, 5) is 0. The quantitative estimate of drug-likeness (QED) is 0.326. The molecule has 6 heteroatoms. The maximum Gasteiger partial charge on any atom is 0.178 e. The molecule has 0 bridgehead atoms. The third kappa shape index (κ3) is 3.70. The van der Waals surface area contributed by atoms with Gasteiger partial charge in [0.15, 0.2) is 33.3 Å². The van der Waals surface area contributed by atoms with Gasteiger partial charge in [-0.05, 0) is 60.0 Å². The van der Waals surface area contributed by atoms with Crippen LogP contribution in [0.3, 0.4) is 0 Å². The van der Waals surface area contributed by atoms with Crippen molar-refractivity contribution in [2.24, 2.45) is 0 Å². The molecule has 0 saturated carbocycles. The molecule has 1 aliphatic rings. The van der Waals surface area contributed by atoms with Gasteiger partial charge in [0.25, 0.3) is 0 Å². The standard InChI is InChI=1S/C30H38N2Si4/c1-33(2)31(35(5,27-19-11-7-12-20-27)28-21-13-8-14-22-28)34(3,4)32(33)36(6,29-23-15-9-16-24-29)30-25-17-10-18-26-30/h7-26H,1-6H3. The van der Waals surface area contributed by atoms with E-state index in [-0.39, 0.29) is 0 Å². The maximum atomic E-state index is 3.16. The largest absolute Gasteiger partial charge is 0.338 e. The van der Waals surface area contributed by atoms with Crippen molar-refractivity contribution in [2.45, 2.75) is 39.3 Å². The van der Waals surface area contributed by atoms with Crippen molar-refractivity contribution < 1.29 is 0 Å². The third-order valence-corrected chi connectivity index (χ3v) is 38.9. The average molecular weight is 539 g/mol. The Kier molecular flexibility index (Phi) is 6.47. The second-order valence-electron chi connectivity index (χ2n) is 11.3. The summed E-state index contributed by atoms with van der Waals surface area (Å²) in [6.45, 7) is 15.7. The lowest BCUT2D eigenvalue weighted by molar-refractivity contribution is 0.627. The number of hydrogen-bond acceptors (Lipinski definition) is 2. The fourth-order valence-corrected chi connectivity index (χ4v) is 47.9. The van der Waals surface area contributed by atoms with Crippen molar-refractivity contribution in [3.05, 3.63) is 121 Å². The molecule has 0 spiro atoms. The Morgan fingerprint density at radius 1 is 0.389 bits per heavy atom. The summed E-state index contributed by atoms with van der Waals surface area (Å²) in [5.41, 5.74) is 0. The highest BCUT2D eigenvalue weighted by Crippen LogP contribution is 2.45. The van der Waals surface area contributed by atoms with E-state index >= 15 is 0 Å². The first-order valence-corrected chi connectivity index (χ1v) is 23.7. The van der Waals surface area contributed by atoms with E-state index in [9.17, 15) is 0 Å². The molecule has 1 aliphatic heterocycles. The van der Waals surface area contributed by atoms with Crippen LogP contribution in [-0.2, 0) is 0 Å². The SMILES string of the molecule is C[Si](c1ccccc1)(c1ccccc1)N1[Si](C)(C)N([Si](C)(c2ccccc2)c2ccccc2)[Si]1(C)C. The first-order valence-electron chi connectivity index (χ1n) is 13.0. The topological polar surface area (TPSA) is 6.48 Å². The first kappa shape index (κ1) is 25.3. The van der Waals surface area contributed by atoms with Crippen LogP contribution in [0.4, 0.5) is 0 Å². The Morgan fingerprint density at radius 2 is 0.583 bits per heavy atom. The molecule has 0 amide bonds. The van der Waals surface area contributed by atoms with Crippen LogP contribution in [0.25, 0.3) is 0 Å². The van der Waals surface area contributed by atoms with Gasteiger partial charge in [-0.2, -0.15) is 0 Å². The van der Waals surface area contributed by atoms with Gasteiger partial charge in [-0.25, -0.2) is 0 Å². The zero-order valence-corrected chi connectivity index (χ0v) is 26.4. The average Bonchev–Trinajstić information content (AvgIpc) is 2.90. The molecule has 36 heavy (non-hydrogen) atoms. The summed E-state index contributed by atoms with van der Waals surface area (Å²) in [7, 11) is -8.34. The summed E-state index contributed by atoms with van der Waals surface area (Å²) in [5, 5.41) is 6.11. The molecule has 0 aromatic heterocycles. The van der Waals surface area contributed by atoms with Crippen LogP contribution in [0.15, 0.2) is 121 Å². The van der Waals surface area contributed by atoms with Crippen molar-refractivity contribution in [1.82, 2.24) is 7.79 Å². The van der Waals surface area contributed by atoms with Crippen molar-refractivity contribution in [3.63, 3.8) is 0 Å². The van der Waals surface area contributed by atoms with E-state index < -0.39 is 33.3 Å². The Hall–Kier alpha value is -2.33. The van der Waals surface area contributed by atoms with Crippen molar-refractivity contribution in [1.29, 1.82) is 0 Å². The minimum atomic E-state index is -2.17. The molecule has 0 aliphatic carbocycles. The summed E-state index contributed by atoms with van der Waals surface area (Å²) in [6.07, 6.45) is 0. The summed E-state index contributed by atoms with van der Waals surface area (Å²) < 4.78 is 6.32. The molecular weight excluding hydrogens is 501 g/mol. The molecule has 0 N–H and O–H groups in total. The van der Waals surface area contributed by atoms with E-state index in [0.717, 1.165) is 0 Å². The van der Waals surface area contributed by atoms with Gasteiger partial charge < -0.3 is 7.79 Å². The van der Waals surface area contributed by atoms with Crippen LogP contribution < -0.4 is 20.7 Å². The molecule has 184 valence electrons. The minimum absolute atomic E-state index is 1.53. The molecule has 4 aromatic carbocycles. The third-order valence-electron chi connectivity index (χ3n) is 8.43. The van der Waals surface area contributed by atoms with E-state index in [0.29, 0.717) is 0 Å². The zero-order chi connectivity index (χ0) is 25.6. The molecule has 0 radical (unpaired) electrons. The fraction of sp³-hybridized carbons (Fsp3) is 0.200. The van der Waals surface area contributed by atoms with Gasteiger partial charge in [0, 0.05) is 0 Å². The van der Waals surface area contributed by atoms with Crippen LogP contribution in [0.1, 0.15) is 0 Å². The molecule has 5 rings (SSSR count). The number of hydrogen-bond donors (Lipinski definition) is 0. The Balaban J connectivity index is 1.72. The van der Waals surface area contributed by atoms with Crippen LogP contribution in [0.2, 0.25) is 39.3 Å². The normalized spacial score (nSPS) is 17.9. The lowest BCUT2D eigenvalue weighted by atomic mass is 10.4. The highest BCUT2D eigenvalue weighted by molar-refractivity contribution is 7.27. The molecule has 4 aromatic rings. The highest BCUT2D eigenvalue weighted by atomic mass is 28.6. The first-order chi connectivity index (χ1) is 17.2. The maximum absolute atomic E-state index is 3.16. The lowest BCUT2D eigenvalue weighted by Crippen LogP contribution is -3.03. The zero-order valence-electron chi connectivity index (χ0n) is 22.4. The number of nitrogens with zero attached hydrogens (tertiary/aromatic N) is 2. The highest BCUT2D eigenvalue weighted by Gasteiger charge is 2.71. The van der Waals surface area contributed by atoms with Gasteiger partial charge in [0.1, 0.15) is 0 Å². The molecule has 0 atom stereocenters. The predicted octanol–water partition coefficient (Wildman–Crippen LogP) is 4.79. The van der Waals surface area contributed by atoms with Crippen LogP contribution in [-0.4, -0.2) is 41.1 Å². The number of rotatable bonds is 6. The summed E-state index contributed by atoms with van der Waals surface area (Å²) in [5.74, 6) is 0. The Morgan fingerprint density at radius 3 is 0.778 bits per heavy atom. The van der Waals surface area contributed by atoms with E-state index in [4.69, 9.17) is 0 Å². The predicted molar refractivity (Wildman–Crippen MR) is 166 cm³/mol. The summed E-state index contributed by atoms with van der Waals surface area (Å²) >= 11 is 0. The lowest BCUT2D eigenvalue weighted by Gasteiger charge is -2.76. The van der Waals surface area contributed by atoms with Crippen LogP contribution in [0, 0.1) is 0 Å². The van der Waals surface area contributed by atoms with E-state index in [1.165, 1.54) is 20.7 Å². The monoisotopic (exact) mass is 538 g/mol. The van der Waals surface area contributed by atoms with Gasteiger partial charge in [0.05, 0.1) is 0 Å². The Labute approximate surface area is 221 Å². The van der Waals surface area contributed by atoms with Crippen LogP contribution in [0.5, 0.6) is 0 Å². The second-order valence-corrected chi connectivity index (χ2v) is 29.2. The van der Waals surface area contributed by atoms with E-state index in [2.05, 4.69) is 168 Å². The molecule has 1 heterocycles. The summed E-state index contributed by atoms with van der Waals surface area (Å²) in [6, 6.07) is 45.6. The molecule has 0 unspecified atom stereocenters.